The van der Waals surface area contributed by atoms with Crippen LogP contribution in [0.1, 0.15) is 52.1 Å². The molecule has 2 aliphatic heterocycles. The second-order valence-electron chi connectivity index (χ2n) is 7.11. The smallest absolute Gasteiger partial charge is 0.263 e. The summed E-state index contributed by atoms with van der Waals surface area (Å²) in [4.78, 5) is 39.1. The monoisotopic (exact) mass is 372 g/mol. The number of aromatic amines is 1. The molecule has 2 aromatic heterocycles. The Balaban J connectivity index is 1.59. The van der Waals surface area contributed by atoms with E-state index in [-0.39, 0.29) is 17.4 Å². The van der Waals surface area contributed by atoms with E-state index in [1.165, 1.54) is 0 Å². The van der Waals surface area contributed by atoms with E-state index in [4.69, 9.17) is 0 Å². The van der Waals surface area contributed by atoms with Gasteiger partial charge in [-0.05, 0) is 31.9 Å². The Labute approximate surface area is 157 Å². The van der Waals surface area contributed by atoms with E-state index in [0.29, 0.717) is 19.5 Å². The number of nitrogens with zero attached hydrogens (tertiary/aromatic N) is 3. The Morgan fingerprint density at radius 2 is 2.04 bits per heavy atom. The van der Waals surface area contributed by atoms with Gasteiger partial charge in [0.25, 0.3) is 5.91 Å². The van der Waals surface area contributed by atoms with Gasteiger partial charge in [0.2, 0.25) is 5.91 Å². The Kier molecular flexibility index (Phi) is 4.34. The summed E-state index contributed by atoms with van der Waals surface area (Å²) in [6.07, 6.45) is 4.54. The quantitative estimate of drug-likeness (QED) is 0.881. The van der Waals surface area contributed by atoms with Crippen LogP contribution in [0.25, 0.3) is 0 Å². The minimum absolute atomic E-state index is 0.101. The summed E-state index contributed by atoms with van der Waals surface area (Å²) in [6, 6.07) is 3.90. The van der Waals surface area contributed by atoms with Crippen molar-refractivity contribution in [3.05, 3.63) is 39.6 Å². The standard InChI is InChI=1S/C19H24N4O2S/c1-3-16(24)23-9-6-14-17(21-12-20-14)19(23)7-10-22(11-8-19)18(25)15-5-4-13(2)26-15/h4-5,12H,3,6-11H2,1-2H3,(H,20,21). The van der Waals surface area contributed by atoms with Gasteiger partial charge in [0.15, 0.2) is 0 Å². The molecule has 26 heavy (non-hydrogen) atoms. The topological polar surface area (TPSA) is 69.3 Å². The summed E-state index contributed by atoms with van der Waals surface area (Å²) in [7, 11) is 0. The number of piperidine rings is 1. The Morgan fingerprint density at radius 3 is 2.69 bits per heavy atom. The highest BCUT2D eigenvalue weighted by atomic mass is 32.1. The fourth-order valence-corrected chi connectivity index (χ4v) is 5.16. The van der Waals surface area contributed by atoms with Crippen molar-refractivity contribution in [1.82, 2.24) is 19.8 Å². The predicted molar refractivity (Wildman–Crippen MR) is 100 cm³/mol. The molecule has 6 nitrogen and oxygen atoms in total. The number of carbonyl (C=O) groups is 2. The van der Waals surface area contributed by atoms with Crippen LogP contribution in [-0.2, 0) is 16.8 Å². The number of nitrogens with one attached hydrogen (secondary N) is 1. The fourth-order valence-electron chi connectivity index (χ4n) is 4.32. The van der Waals surface area contributed by atoms with Crippen molar-refractivity contribution in [1.29, 1.82) is 0 Å². The van der Waals surface area contributed by atoms with Gasteiger partial charge in [0.1, 0.15) is 0 Å². The molecule has 4 rings (SSSR count). The minimum atomic E-state index is -0.372. The molecule has 0 radical (unpaired) electrons. The molecule has 0 saturated carbocycles. The van der Waals surface area contributed by atoms with Crippen molar-refractivity contribution in [2.45, 2.75) is 45.1 Å². The van der Waals surface area contributed by atoms with Gasteiger partial charge in [0, 0.05) is 43.0 Å². The first-order valence-corrected chi connectivity index (χ1v) is 10.1. The zero-order valence-electron chi connectivity index (χ0n) is 15.2. The molecule has 1 fully saturated rings. The molecule has 1 spiro atoms. The first-order chi connectivity index (χ1) is 12.5. The van der Waals surface area contributed by atoms with Crippen LogP contribution in [0.2, 0.25) is 0 Å². The maximum Gasteiger partial charge on any atom is 0.263 e. The van der Waals surface area contributed by atoms with Crippen LogP contribution in [0.15, 0.2) is 18.5 Å². The van der Waals surface area contributed by atoms with Crippen LogP contribution in [0.3, 0.4) is 0 Å². The number of likely N-dealkylation sites (tertiary alicyclic amines) is 1. The lowest BCUT2D eigenvalue weighted by Crippen LogP contribution is -2.58. The number of H-pyrrole nitrogens is 1. The molecule has 4 heterocycles. The van der Waals surface area contributed by atoms with Crippen LogP contribution in [0.5, 0.6) is 0 Å². The summed E-state index contributed by atoms with van der Waals surface area (Å²) in [6.45, 7) is 5.95. The van der Waals surface area contributed by atoms with E-state index >= 15 is 0 Å². The van der Waals surface area contributed by atoms with Crippen molar-refractivity contribution >= 4 is 23.2 Å². The minimum Gasteiger partial charge on any atom is -0.348 e. The van der Waals surface area contributed by atoms with Gasteiger partial charge >= 0.3 is 0 Å². The third kappa shape index (κ3) is 2.65. The van der Waals surface area contributed by atoms with E-state index in [2.05, 4.69) is 9.97 Å². The average molecular weight is 372 g/mol. The molecular weight excluding hydrogens is 348 g/mol. The number of rotatable bonds is 2. The predicted octanol–water partition coefficient (Wildman–Crippen LogP) is 2.71. The number of thiophene rings is 1. The second kappa shape index (κ2) is 6.54. The first-order valence-electron chi connectivity index (χ1n) is 9.24. The number of imidazole rings is 1. The van der Waals surface area contributed by atoms with E-state index in [1.54, 1.807) is 17.7 Å². The van der Waals surface area contributed by atoms with E-state index < -0.39 is 0 Å². The van der Waals surface area contributed by atoms with Crippen molar-refractivity contribution < 1.29 is 9.59 Å². The molecule has 138 valence electrons. The molecule has 1 saturated heterocycles. The van der Waals surface area contributed by atoms with E-state index in [0.717, 1.165) is 46.9 Å². The normalized spacial score (nSPS) is 18.8. The Bertz CT molecular complexity index is 832. The molecule has 0 bridgehead atoms. The molecule has 7 heteroatoms. The number of aryl methyl sites for hydroxylation is 1. The zero-order valence-corrected chi connectivity index (χ0v) is 16.1. The van der Waals surface area contributed by atoms with Crippen LogP contribution >= 0.6 is 11.3 Å². The van der Waals surface area contributed by atoms with Crippen LogP contribution in [0.4, 0.5) is 0 Å². The summed E-state index contributed by atoms with van der Waals surface area (Å²) in [5, 5.41) is 0. The molecule has 0 atom stereocenters. The summed E-state index contributed by atoms with van der Waals surface area (Å²) < 4.78 is 0. The number of hydrogen-bond acceptors (Lipinski definition) is 4. The van der Waals surface area contributed by atoms with Crippen molar-refractivity contribution in [3.63, 3.8) is 0 Å². The number of amides is 2. The molecule has 1 N–H and O–H groups in total. The number of fused-ring (bicyclic) bond motifs is 2. The average Bonchev–Trinajstić information content (AvgIpc) is 3.31. The lowest BCUT2D eigenvalue weighted by molar-refractivity contribution is -0.141. The third-order valence-corrected chi connectivity index (χ3v) is 6.68. The summed E-state index contributed by atoms with van der Waals surface area (Å²) in [5.74, 6) is 0.275. The zero-order chi connectivity index (χ0) is 18.3. The van der Waals surface area contributed by atoms with Gasteiger partial charge in [-0.1, -0.05) is 6.92 Å². The highest BCUT2D eigenvalue weighted by Crippen LogP contribution is 2.42. The van der Waals surface area contributed by atoms with Crippen molar-refractivity contribution in [3.8, 4) is 0 Å². The SMILES string of the molecule is CCC(=O)N1CCc2[nH]cnc2C12CCN(C(=O)c1ccc(C)s1)CC2. The van der Waals surface area contributed by atoms with Crippen LogP contribution in [-0.4, -0.2) is 51.2 Å². The molecule has 2 aliphatic rings. The lowest BCUT2D eigenvalue weighted by Gasteiger charge is -2.50. The summed E-state index contributed by atoms with van der Waals surface area (Å²) in [5.41, 5.74) is 1.77. The lowest BCUT2D eigenvalue weighted by atomic mass is 9.78. The molecule has 0 unspecified atom stereocenters. The van der Waals surface area contributed by atoms with Gasteiger partial charge < -0.3 is 14.8 Å². The highest BCUT2D eigenvalue weighted by Gasteiger charge is 2.48. The maximum atomic E-state index is 12.8. The van der Waals surface area contributed by atoms with E-state index in [9.17, 15) is 9.59 Å². The van der Waals surface area contributed by atoms with Gasteiger partial charge in [-0.15, -0.1) is 11.3 Å². The van der Waals surface area contributed by atoms with Crippen LogP contribution < -0.4 is 0 Å². The fraction of sp³-hybridized carbons (Fsp3) is 0.526. The van der Waals surface area contributed by atoms with E-state index in [1.807, 2.05) is 35.8 Å². The van der Waals surface area contributed by atoms with Gasteiger partial charge in [-0.2, -0.15) is 0 Å². The number of aromatic nitrogens is 2. The maximum absolute atomic E-state index is 12.8. The molecule has 2 aromatic rings. The molecule has 2 amide bonds. The number of carbonyl (C=O) groups excluding carboxylic acids is 2. The van der Waals surface area contributed by atoms with Crippen molar-refractivity contribution in [2.24, 2.45) is 0 Å². The number of hydrogen-bond donors (Lipinski definition) is 1. The van der Waals surface area contributed by atoms with Crippen molar-refractivity contribution in [2.75, 3.05) is 19.6 Å². The third-order valence-electron chi connectivity index (χ3n) is 5.69. The summed E-state index contributed by atoms with van der Waals surface area (Å²) >= 11 is 1.54. The molecule has 0 aromatic carbocycles. The Hall–Kier alpha value is -2.15. The molecule has 0 aliphatic carbocycles. The van der Waals surface area contributed by atoms with Gasteiger partial charge in [-0.3, -0.25) is 9.59 Å². The first kappa shape index (κ1) is 17.3. The molecular formula is C19H24N4O2S. The van der Waals surface area contributed by atoms with Gasteiger partial charge in [-0.25, -0.2) is 4.98 Å². The van der Waals surface area contributed by atoms with Crippen LogP contribution in [0, 0.1) is 6.92 Å². The Morgan fingerprint density at radius 1 is 1.27 bits per heavy atom. The highest BCUT2D eigenvalue weighted by molar-refractivity contribution is 7.13. The van der Waals surface area contributed by atoms with Gasteiger partial charge in [0.05, 0.1) is 22.4 Å². The largest absolute Gasteiger partial charge is 0.348 e. The second-order valence-corrected chi connectivity index (χ2v) is 8.40.